The van der Waals surface area contributed by atoms with Gasteiger partial charge in [-0.1, -0.05) is 0 Å². The molecule has 0 saturated heterocycles. The molecule has 1 unspecified atom stereocenters. The van der Waals surface area contributed by atoms with Crippen molar-refractivity contribution in [3.05, 3.63) is 28.4 Å². The highest BCUT2D eigenvalue weighted by atomic mass is 16.4. The SMILES string of the molecule is Cc1ccn(CC(N)C(=O)O)c(=O)n1. The van der Waals surface area contributed by atoms with Crippen molar-refractivity contribution in [2.75, 3.05) is 0 Å². The van der Waals surface area contributed by atoms with Crippen molar-refractivity contribution in [2.45, 2.75) is 19.5 Å². The van der Waals surface area contributed by atoms with E-state index in [1.807, 2.05) is 0 Å². The van der Waals surface area contributed by atoms with Crippen LogP contribution in [0, 0.1) is 6.92 Å². The van der Waals surface area contributed by atoms with Crippen molar-refractivity contribution in [3.8, 4) is 0 Å². The lowest BCUT2D eigenvalue weighted by atomic mass is 10.3. The molecule has 6 heteroatoms. The minimum absolute atomic E-state index is 0.0680. The zero-order chi connectivity index (χ0) is 10.7. The van der Waals surface area contributed by atoms with E-state index < -0.39 is 17.7 Å². The first-order valence-corrected chi connectivity index (χ1v) is 4.03. The number of aryl methyl sites for hydroxylation is 1. The molecule has 0 aromatic carbocycles. The second-order valence-electron chi connectivity index (χ2n) is 2.95. The van der Waals surface area contributed by atoms with E-state index in [1.165, 1.54) is 10.8 Å². The van der Waals surface area contributed by atoms with E-state index in [4.69, 9.17) is 10.8 Å². The lowest BCUT2D eigenvalue weighted by molar-refractivity contribution is -0.138. The highest BCUT2D eigenvalue weighted by molar-refractivity contribution is 5.72. The van der Waals surface area contributed by atoms with Crippen LogP contribution in [0.25, 0.3) is 0 Å². The third-order valence-corrected chi connectivity index (χ3v) is 1.72. The van der Waals surface area contributed by atoms with Crippen molar-refractivity contribution >= 4 is 5.97 Å². The fraction of sp³-hybridized carbons (Fsp3) is 0.375. The predicted molar refractivity (Wildman–Crippen MR) is 48.8 cm³/mol. The van der Waals surface area contributed by atoms with Gasteiger partial charge in [0.15, 0.2) is 0 Å². The Morgan fingerprint density at radius 3 is 2.93 bits per heavy atom. The molecular weight excluding hydrogens is 186 g/mol. The van der Waals surface area contributed by atoms with Gasteiger partial charge in [-0.05, 0) is 13.0 Å². The van der Waals surface area contributed by atoms with Crippen molar-refractivity contribution < 1.29 is 9.90 Å². The van der Waals surface area contributed by atoms with Gasteiger partial charge in [-0.25, -0.2) is 4.79 Å². The summed E-state index contributed by atoms with van der Waals surface area (Å²) in [4.78, 5) is 25.3. The van der Waals surface area contributed by atoms with Crippen LogP contribution in [0.15, 0.2) is 17.1 Å². The predicted octanol–water partition coefficient (Wildman–Crippen LogP) is -1.04. The zero-order valence-electron chi connectivity index (χ0n) is 7.67. The fourth-order valence-corrected chi connectivity index (χ4v) is 0.943. The standard InChI is InChI=1S/C8H11N3O3/c1-5-2-3-11(8(14)10-5)4-6(9)7(12)13/h2-3,6H,4,9H2,1H3,(H,12,13). The zero-order valence-corrected chi connectivity index (χ0v) is 7.67. The summed E-state index contributed by atoms with van der Waals surface area (Å²) >= 11 is 0. The van der Waals surface area contributed by atoms with E-state index in [9.17, 15) is 9.59 Å². The summed E-state index contributed by atoms with van der Waals surface area (Å²) in [5.41, 5.74) is 5.38. The van der Waals surface area contributed by atoms with Gasteiger partial charge in [0.1, 0.15) is 6.04 Å². The molecule has 0 aliphatic heterocycles. The minimum atomic E-state index is -1.14. The molecule has 76 valence electrons. The second-order valence-corrected chi connectivity index (χ2v) is 2.95. The number of nitrogens with zero attached hydrogens (tertiary/aromatic N) is 2. The van der Waals surface area contributed by atoms with Gasteiger partial charge in [0.25, 0.3) is 0 Å². The third kappa shape index (κ3) is 2.40. The van der Waals surface area contributed by atoms with Gasteiger partial charge in [-0.15, -0.1) is 0 Å². The van der Waals surface area contributed by atoms with E-state index in [0.29, 0.717) is 5.69 Å². The molecule has 0 aliphatic carbocycles. The van der Waals surface area contributed by atoms with Gasteiger partial charge in [0.05, 0.1) is 6.54 Å². The molecular formula is C8H11N3O3. The molecule has 0 amide bonds. The monoisotopic (exact) mass is 197 g/mol. The molecule has 0 saturated carbocycles. The Labute approximate surface area is 80.0 Å². The van der Waals surface area contributed by atoms with Gasteiger partial charge in [0, 0.05) is 11.9 Å². The van der Waals surface area contributed by atoms with Crippen LogP contribution in [0.2, 0.25) is 0 Å². The van der Waals surface area contributed by atoms with Crippen LogP contribution in [-0.2, 0) is 11.3 Å². The molecule has 0 spiro atoms. The summed E-state index contributed by atoms with van der Waals surface area (Å²) < 4.78 is 1.17. The van der Waals surface area contributed by atoms with Crippen LogP contribution in [0.3, 0.4) is 0 Å². The smallest absolute Gasteiger partial charge is 0.347 e. The van der Waals surface area contributed by atoms with Crippen LogP contribution < -0.4 is 11.4 Å². The summed E-state index contributed by atoms with van der Waals surface area (Å²) in [7, 11) is 0. The molecule has 1 aromatic rings. The van der Waals surface area contributed by atoms with Crippen molar-refractivity contribution in [1.29, 1.82) is 0 Å². The fourth-order valence-electron chi connectivity index (χ4n) is 0.943. The van der Waals surface area contributed by atoms with Gasteiger partial charge in [-0.3, -0.25) is 9.36 Å². The van der Waals surface area contributed by atoms with Gasteiger partial charge in [-0.2, -0.15) is 4.98 Å². The molecule has 0 radical (unpaired) electrons. The Morgan fingerprint density at radius 1 is 1.79 bits per heavy atom. The first-order valence-electron chi connectivity index (χ1n) is 4.03. The largest absolute Gasteiger partial charge is 0.480 e. The first-order chi connectivity index (χ1) is 6.50. The summed E-state index contributed by atoms with van der Waals surface area (Å²) in [6.45, 7) is 1.62. The molecule has 0 aliphatic rings. The molecule has 3 N–H and O–H groups in total. The van der Waals surface area contributed by atoms with Gasteiger partial charge >= 0.3 is 11.7 Å². The molecule has 0 fully saturated rings. The van der Waals surface area contributed by atoms with Crippen molar-refractivity contribution in [3.63, 3.8) is 0 Å². The number of rotatable bonds is 3. The topological polar surface area (TPSA) is 98.2 Å². The number of hydrogen-bond donors (Lipinski definition) is 2. The Morgan fingerprint density at radius 2 is 2.43 bits per heavy atom. The normalized spacial score (nSPS) is 12.4. The van der Waals surface area contributed by atoms with E-state index in [2.05, 4.69) is 4.98 Å². The summed E-state index contributed by atoms with van der Waals surface area (Å²) in [5.74, 6) is -1.14. The summed E-state index contributed by atoms with van der Waals surface area (Å²) in [5, 5.41) is 8.53. The van der Waals surface area contributed by atoms with Crippen LogP contribution in [0.5, 0.6) is 0 Å². The Balaban J connectivity index is 2.88. The van der Waals surface area contributed by atoms with Gasteiger partial charge < -0.3 is 10.8 Å². The highest BCUT2D eigenvalue weighted by Gasteiger charge is 2.12. The number of nitrogens with two attached hydrogens (primary N) is 1. The Bertz CT molecular complexity index is 399. The molecule has 6 nitrogen and oxygen atoms in total. The van der Waals surface area contributed by atoms with Crippen LogP contribution in [0.1, 0.15) is 5.69 Å². The molecule has 0 bridgehead atoms. The number of carbonyl (C=O) groups is 1. The quantitative estimate of drug-likeness (QED) is 0.645. The maximum atomic E-state index is 11.2. The van der Waals surface area contributed by atoms with Crippen molar-refractivity contribution in [2.24, 2.45) is 5.73 Å². The average molecular weight is 197 g/mol. The summed E-state index contributed by atoms with van der Waals surface area (Å²) in [6, 6.07) is 0.535. The highest BCUT2D eigenvalue weighted by Crippen LogP contribution is 1.89. The minimum Gasteiger partial charge on any atom is -0.480 e. The Hall–Kier alpha value is -1.69. The average Bonchev–Trinajstić information content (AvgIpc) is 2.09. The molecule has 1 rings (SSSR count). The lowest BCUT2D eigenvalue weighted by Crippen LogP contribution is -2.38. The van der Waals surface area contributed by atoms with Crippen molar-refractivity contribution in [1.82, 2.24) is 9.55 Å². The number of carboxylic acids is 1. The lowest BCUT2D eigenvalue weighted by Gasteiger charge is -2.08. The third-order valence-electron chi connectivity index (χ3n) is 1.72. The number of aliphatic carboxylic acids is 1. The molecule has 1 atom stereocenters. The van der Waals surface area contributed by atoms with E-state index in [0.717, 1.165) is 0 Å². The summed E-state index contributed by atoms with van der Waals surface area (Å²) in [6.07, 6.45) is 1.48. The van der Waals surface area contributed by atoms with Crippen LogP contribution in [-0.4, -0.2) is 26.7 Å². The van der Waals surface area contributed by atoms with E-state index in [-0.39, 0.29) is 6.54 Å². The number of carboxylic acid groups (broad SMARTS) is 1. The first kappa shape index (κ1) is 10.4. The molecule has 1 aromatic heterocycles. The number of hydrogen-bond acceptors (Lipinski definition) is 4. The Kier molecular flexibility index (Phi) is 2.98. The van der Waals surface area contributed by atoms with Crippen LogP contribution >= 0.6 is 0 Å². The van der Waals surface area contributed by atoms with E-state index in [1.54, 1.807) is 13.0 Å². The molecule has 14 heavy (non-hydrogen) atoms. The number of aromatic nitrogens is 2. The van der Waals surface area contributed by atoms with E-state index >= 15 is 0 Å². The maximum absolute atomic E-state index is 11.2. The second kappa shape index (κ2) is 4.01. The maximum Gasteiger partial charge on any atom is 0.347 e. The van der Waals surface area contributed by atoms with Gasteiger partial charge in [0.2, 0.25) is 0 Å². The molecule has 1 heterocycles. The van der Waals surface area contributed by atoms with Crippen LogP contribution in [0.4, 0.5) is 0 Å².